The van der Waals surface area contributed by atoms with Gasteiger partial charge in [-0.15, -0.1) is 5.10 Å². The summed E-state index contributed by atoms with van der Waals surface area (Å²) in [5.74, 6) is 0.488. The molecule has 7 heteroatoms. The molecule has 0 saturated carbocycles. The lowest BCUT2D eigenvalue weighted by molar-refractivity contribution is 0.0935. The van der Waals surface area contributed by atoms with Gasteiger partial charge in [-0.2, -0.15) is 0 Å². The van der Waals surface area contributed by atoms with Crippen LogP contribution in [0.15, 0.2) is 24.3 Å². The van der Waals surface area contributed by atoms with Gasteiger partial charge in [-0.05, 0) is 32.4 Å². The fraction of sp³-hybridized carbons (Fsp3) is 0.438. The van der Waals surface area contributed by atoms with Crippen LogP contribution in [-0.2, 0) is 6.42 Å². The number of para-hydroxylation sites is 1. The monoisotopic (exact) mass is 335 g/mol. The van der Waals surface area contributed by atoms with Crippen LogP contribution in [0.2, 0.25) is 5.02 Å². The highest BCUT2D eigenvalue weighted by atomic mass is 35.5. The molecule has 0 aliphatic heterocycles. The highest BCUT2D eigenvalue weighted by Crippen LogP contribution is 2.21. The molecule has 0 saturated heterocycles. The molecule has 124 valence electrons. The third kappa shape index (κ3) is 4.53. The van der Waals surface area contributed by atoms with Gasteiger partial charge in [0.2, 0.25) is 5.82 Å². The minimum absolute atomic E-state index is 0.123. The molecule has 0 aliphatic rings. The highest BCUT2D eigenvalue weighted by molar-refractivity contribution is 6.32. The minimum Gasteiger partial charge on any atom is -0.347 e. The molecule has 0 radical (unpaired) electrons. The zero-order chi connectivity index (χ0) is 17.0. The Labute approximate surface area is 141 Å². The predicted molar refractivity (Wildman–Crippen MR) is 91.0 cm³/mol. The van der Waals surface area contributed by atoms with Crippen molar-refractivity contribution in [1.29, 1.82) is 0 Å². The number of carbonyl (C=O) groups excluding carboxylic acids is 1. The van der Waals surface area contributed by atoms with Gasteiger partial charge in [-0.25, -0.2) is 9.67 Å². The molecule has 2 rings (SSSR count). The molecule has 0 spiro atoms. The van der Waals surface area contributed by atoms with Crippen molar-refractivity contribution < 1.29 is 4.79 Å². The number of hydrogen-bond acceptors (Lipinski definition) is 4. The van der Waals surface area contributed by atoms with Crippen molar-refractivity contribution in [2.45, 2.75) is 39.2 Å². The van der Waals surface area contributed by atoms with Gasteiger partial charge >= 0.3 is 0 Å². The first-order valence-electron chi connectivity index (χ1n) is 7.59. The van der Waals surface area contributed by atoms with Crippen molar-refractivity contribution >= 4 is 17.5 Å². The first-order valence-corrected chi connectivity index (χ1v) is 7.97. The number of carbonyl (C=O) groups is 1. The average molecular weight is 336 g/mol. The largest absolute Gasteiger partial charge is 0.347 e. The number of aryl methyl sites for hydroxylation is 1. The van der Waals surface area contributed by atoms with E-state index in [9.17, 15) is 4.79 Å². The van der Waals surface area contributed by atoms with E-state index in [2.05, 4.69) is 15.4 Å². The van der Waals surface area contributed by atoms with E-state index in [4.69, 9.17) is 17.3 Å². The summed E-state index contributed by atoms with van der Waals surface area (Å²) in [5.41, 5.74) is 6.10. The zero-order valence-corrected chi connectivity index (χ0v) is 14.4. The van der Waals surface area contributed by atoms with Crippen molar-refractivity contribution in [2.24, 2.45) is 5.73 Å². The number of benzene rings is 1. The van der Waals surface area contributed by atoms with E-state index in [1.807, 2.05) is 39.0 Å². The topological polar surface area (TPSA) is 85.8 Å². The molecule has 0 atom stereocenters. The molecule has 0 unspecified atom stereocenters. The lowest BCUT2D eigenvalue weighted by Crippen LogP contribution is -2.45. The van der Waals surface area contributed by atoms with E-state index in [-0.39, 0.29) is 11.7 Å². The molecule has 23 heavy (non-hydrogen) atoms. The molecular weight excluding hydrogens is 314 g/mol. The SMILES string of the molecule is CCCc1nc(C(=O)NCC(C)(C)N)nn1-c1ccccc1Cl. The van der Waals surface area contributed by atoms with Crippen LogP contribution >= 0.6 is 11.6 Å². The molecular formula is C16H22ClN5O. The molecule has 1 amide bonds. The fourth-order valence-corrected chi connectivity index (χ4v) is 2.25. The lowest BCUT2D eigenvalue weighted by atomic mass is 10.1. The molecule has 0 aliphatic carbocycles. The maximum atomic E-state index is 12.2. The smallest absolute Gasteiger partial charge is 0.291 e. The van der Waals surface area contributed by atoms with Crippen molar-refractivity contribution in [2.75, 3.05) is 6.54 Å². The molecule has 1 aromatic carbocycles. The van der Waals surface area contributed by atoms with E-state index >= 15 is 0 Å². The summed E-state index contributed by atoms with van der Waals surface area (Å²) < 4.78 is 1.63. The Morgan fingerprint density at radius 2 is 2.09 bits per heavy atom. The van der Waals surface area contributed by atoms with Crippen molar-refractivity contribution in [3.05, 3.63) is 40.9 Å². The Hall–Kier alpha value is -1.92. The third-order valence-electron chi connectivity index (χ3n) is 3.14. The second kappa shape index (κ2) is 7.10. The molecule has 0 fully saturated rings. The normalized spacial score (nSPS) is 11.5. The van der Waals surface area contributed by atoms with E-state index in [1.54, 1.807) is 10.7 Å². The number of aromatic nitrogens is 3. The molecule has 1 heterocycles. The highest BCUT2D eigenvalue weighted by Gasteiger charge is 2.20. The fourth-order valence-electron chi connectivity index (χ4n) is 2.03. The van der Waals surface area contributed by atoms with Crippen LogP contribution in [0.4, 0.5) is 0 Å². The maximum Gasteiger partial charge on any atom is 0.291 e. The zero-order valence-electron chi connectivity index (χ0n) is 13.6. The number of nitrogens with two attached hydrogens (primary N) is 1. The van der Waals surface area contributed by atoms with Gasteiger partial charge in [0.1, 0.15) is 5.82 Å². The van der Waals surface area contributed by atoms with E-state index in [0.717, 1.165) is 6.42 Å². The summed E-state index contributed by atoms with van der Waals surface area (Å²) in [5, 5.41) is 7.64. The number of hydrogen-bond donors (Lipinski definition) is 2. The Bertz CT molecular complexity index is 690. The second-order valence-electron chi connectivity index (χ2n) is 6.14. The summed E-state index contributed by atoms with van der Waals surface area (Å²) >= 11 is 6.24. The summed E-state index contributed by atoms with van der Waals surface area (Å²) in [7, 11) is 0. The summed E-state index contributed by atoms with van der Waals surface area (Å²) in [6.07, 6.45) is 1.59. The summed E-state index contributed by atoms with van der Waals surface area (Å²) in [4.78, 5) is 16.6. The molecule has 2 aromatic rings. The summed E-state index contributed by atoms with van der Waals surface area (Å²) in [6.45, 7) is 6.06. The molecule has 6 nitrogen and oxygen atoms in total. The van der Waals surface area contributed by atoms with Gasteiger partial charge in [-0.3, -0.25) is 4.79 Å². The van der Waals surface area contributed by atoms with Crippen molar-refractivity contribution in [1.82, 2.24) is 20.1 Å². The number of rotatable bonds is 6. The molecule has 3 N–H and O–H groups in total. The second-order valence-corrected chi connectivity index (χ2v) is 6.54. The average Bonchev–Trinajstić information content (AvgIpc) is 2.89. The van der Waals surface area contributed by atoms with Gasteiger partial charge in [0, 0.05) is 18.5 Å². The number of nitrogens with one attached hydrogen (secondary N) is 1. The first-order chi connectivity index (χ1) is 10.8. The standard InChI is InChI=1S/C16H22ClN5O/c1-4-7-13-20-14(15(23)19-10-16(2,3)18)21-22(13)12-9-6-5-8-11(12)17/h5-6,8-9H,4,7,10,18H2,1-3H3,(H,19,23). The molecule has 0 bridgehead atoms. The van der Waals surface area contributed by atoms with Gasteiger partial charge in [0.15, 0.2) is 0 Å². The van der Waals surface area contributed by atoms with E-state index in [1.165, 1.54) is 0 Å². The molecule has 1 aromatic heterocycles. The van der Waals surface area contributed by atoms with Crippen LogP contribution in [0, 0.1) is 0 Å². The predicted octanol–water partition coefficient (Wildman–Crippen LogP) is 2.34. The van der Waals surface area contributed by atoms with Crippen LogP contribution in [0.5, 0.6) is 0 Å². The van der Waals surface area contributed by atoms with Gasteiger partial charge < -0.3 is 11.1 Å². The maximum absolute atomic E-state index is 12.2. The number of nitrogens with zero attached hydrogens (tertiary/aromatic N) is 3. The van der Waals surface area contributed by atoms with Crippen molar-refractivity contribution in [3.63, 3.8) is 0 Å². The van der Waals surface area contributed by atoms with E-state index < -0.39 is 5.54 Å². The Balaban J connectivity index is 2.32. The third-order valence-corrected chi connectivity index (χ3v) is 3.46. The van der Waals surface area contributed by atoms with Crippen LogP contribution in [0.1, 0.15) is 43.6 Å². The quantitative estimate of drug-likeness (QED) is 0.848. The number of halogens is 1. The summed E-state index contributed by atoms with van der Waals surface area (Å²) in [6, 6.07) is 7.35. The Morgan fingerprint density at radius 1 is 1.39 bits per heavy atom. The van der Waals surface area contributed by atoms with Crippen LogP contribution in [-0.4, -0.2) is 32.8 Å². The van der Waals surface area contributed by atoms with Crippen LogP contribution in [0.3, 0.4) is 0 Å². The van der Waals surface area contributed by atoms with E-state index in [0.29, 0.717) is 29.5 Å². The van der Waals surface area contributed by atoms with Gasteiger partial charge in [0.25, 0.3) is 5.91 Å². The minimum atomic E-state index is -0.493. The number of amides is 1. The Morgan fingerprint density at radius 3 is 2.70 bits per heavy atom. The first kappa shape index (κ1) is 17.4. The Kier molecular flexibility index (Phi) is 5.38. The van der Waals surface area contributed by atoms with Crippen LogP contribution in [0.25, 0.3) is 5.69 Å². The van der Waals surface area contributed by atoms with Crippen LogP contribution < -0.4 is 11.1 Å². The van der Waals surface area contributed by atoms with Gasteiger partial charge in [-0.1, -0.05) is 30.7 Å². The van der Waals surface area contributed by atoms with Crippen molar-refractivity contribution in [3.8, 4) is 5.69 Å². The van der Waals surface area contributed by atoms with Gasteiger partial charge in [0.05, 0.1) is 10.7 Å². The lowest BCUT2D eigenvalue weighted by Gasteiger charge is -2.18.